The van der Waals surface area contributed by atoms with Gasteiger partial charge in [0.1, 0.15) is 5.82 Å². The van der Waals surface area contributed by atoms with Gasteiger partial charge in [-0.15, -0.1) is 0 Å². The summed E-state index contributed by atoms with van der Waals surface area (Å²) in [6, 6.07) is 5.76. The van der Waals surface area contributed by atoms with Gasteiger partial charge in [-0.25, -0.2) is 4.98 Å². The summed E-state index contributed by atoms with van der Waals surface area (Å²) < 4.78 is 0. The van der Waals surface area contributed by atoms with E-state index in [-0.39, 0.29) is 0 Å². The Balaban J connectivity index is 1.88. The Labute approximate surface area is 109 Å². The zero-order valence-corrected chi connectivity index (χ0v) is 10.9. The highest BCUT2D eigenvalue weighted by Gasteiger charge is 2.04. The fourth-order valence-electron chi connectivity index (χ4n) is 2.31. The van der Waals surface area contributed by atoms with E-state index in [2.05, 4.69) is 22.4 Å². The van der Waals surface area contributed by atoms with Crippen molar-refractivity contribution in [3.05, 3.63) is 35.0 Å². The van der Waals surface area contributed by atoms with E-state index in [4.69, 9.17) is 5.26 Å². The number of hydrogen-bond donors (Lipinski definition) is 1. The first kappa shape index (κ1) is 12.6. The Morgan fingerprint density at radius 2 is 2.28 bits per heavy atom. The highest BCUT2D eigenvalue weighted by atomic mass is 15.0. The molecule has 94 valence electrons. The molecule has 3 heteroatoms. The fraction of sp³-hybridized carbons (Fsp3) is 0.467. The van der Waals surface area contributed by atoms with Crippen LogP contribution in [0.15, 0.2) is 23.8 Å². The van der Waals surface area contributed by atoms with Gasteiger partial charge in [-0.1, -0.05) is 11.6 Å². The van der Waals surface area contributed by atoms with Gasteiger partial charge in [0.15, 0.2) is 0 Å². The van der Waals surface area contributed by atoms with Gasteiger partial charge in [-0.3, -0.25) is 0 Å². The molecular weight excluding hydrogens is 222 g/mol. The molecule has 0 unspecified atom stereocenters. The van der Waals surface area contributed by atoms with Crippen LogP contribution in [-0.2, 0) is 0 Å². The third-order valence-electron chi connectivity index (χ3n) is 3.22. The molecule has 0 aromatic carbocycles. The van der Waals surface area contributed by atoms with E-state index in [1.807, 2.05) is 13.0 Å². The monoisotopic (exact) mass is 241 g/mol. The van der Waals surface area contributed by atoms with Crippen LogP contribution in [0.3, 0.4) is 0 Å². The van der Waals surface area contributed by atoms with Crippen LogP contribution in [0.4, 0.5) is 5.82 Å². The van der Waals surface area contributed by atoms with Gasteiger partial charge in [0.05, 0.1) is 11.6 Å². The molecule has 0 fully saturated rings. The Hall–Kier alpha value is -1.82. The molecule has 0 saturated carbocycles. The third-order valence-corrected chi connectivity index (χ3v) is 3.22. The van der Waals surface area contributed by atoms with Crippen LogP contribution in [0.2, 0.25) is 0 Å². The van der Waals surface area contributed by atoms with Crippen LogP contribution in [0.25, 0.3) is 0 Å². The third kappa shape index (κ3) is 3.59. The van der Waals surface area contributed by atoms with Gasteiger partial charge in [0.25, 0.3) is 0 Å². The molecule has 0 amide bonds. The van der Waals surface area contributed by atoms with E-state index in [0.717, 1.165) is 24.5 Å². The average Bonchev–Trinajstić information content (AvgIpc) is 2.39. The van der Waals surface area contributed by atoms with Crippen LogP contribution in [0.1, 0.15) is 43.4 Å². The lowest BCUT2D eigenvalue weighted by Gasteiger charge is -2.13. The van der Waals surface area contributed by atoms with Gasteiger partial charge in [0, 0.05) is 12.2 Å². The number of allylic oxidation sites excluding steroid dienone is 1. The molecular formula is C15H19N3. The summed E-state index contributed by atoms with van der Waals surface area (Å²) in [6.45, 7) is 2.81. The number of nitriles is 1. The van der Waals surface area contributed by atoms with E-state index >= 15 is 0 Å². The molecule has 0 radical (unpaired) electrons. The Morgan fingerprint density at radius 3 is 3.00 bits per heavy atom. The van der Waals surface area contributed by atoms with Crippen molar-refractivity contribution in [3.8, 4) is 6.07 Å². The molecule has 0 saturated heterocycles. The van der Waals surface area contributed by atoms with Crippen molar-refractivity contribution in [1.82, 2.24) is 4.98 Å². The standard InChI is InChI=1S/C15H19N3/c1-12-9-14(11-16)10-15(18-12)17-8-7-13-5-3-2-4-6-13/h5,9-10H,2-4,6-8H2,1H3,(H,17,18). The number of rotatable bonds is 4. The first-order valence-electron chi connectivity index (χ1n) is 6.58. The van der Waals surface area contributed by atoms with Crippen LogP contribution >= 0.6 is 0 Å². The van der Waals surface area contributed by atoms with Crippen LogP contribution < -0.4 is 5.32 Å². The summed E-state index contributed by atoms with van der Waals surface area (Å²) in [4.78, 5) is 4.38. The predicted molar refractivity (Wildman–Crippen MR) is 73.3 cm³/mol. The second-order valence-electron chi connectivity index (χ2n) is 4.78. The SMILES string of the molecule is Cc1cc(C#N)cc(NCCC2=CCCCC2)n1. The first-order chi connectivity index (χ1) is 8.78. The smallest absolute Gasteiger partial charge is 0.127 e. The number of aromatic nitrogens is 1. The summed E-state index contributed by atoms with van der Waals surface area (Å²) >= 11 is 0. The van der Waals surface area contributed by atoms with Crippen molar-refractivity contribution in [1.29, 1.82) is 5.26 Å². The molecule has 3 nitrogen and oxygen atoms in total. The maximum atomic E-state index is 8.90. The highest BCUT2D eigenvalue weighted by Crippen LogP contribution is 2.20. The Morgan fingerprint density at radius 1 is 1.39 bits per heavy atom. The molecule has 0 atom stereocenters. The maximum Gasteiger partial charge on any atom is 0.127 e. The number of hydrogen-bond acceptors (Lipinski definition) is 3. The number of nitrogens with one attached hydrogen (secondary N) is 1. The van der Waals surface area contributed by atoms with Crippen LogP contribution in [0, 0.1) is 18.3 Å². The lowest BCUT2D eigenvalue weighted by molar-refractivity contribution is 0.679. The van der Waals surface area contributed by atoms with Crippen molar-refractivity contribution in [2.45, 2.75) is 39.0 Å². The first-order valence-corrected chi connectivity index (χ1v) is 6.58. The molecule has 1 heterocycles. The highest BCUT2D eigenvalue weighted by molar-refractivity contribution is 5.44. The zero-order valence-electron chi connectivity index (χ0n) is 10.9. The predicted octanol–water partition coefficient (Wildman–Crippen LogP) is 3.56. The fourth-order valence-corrected chi connectivity index (χ4v) is 2.31. The van der Waals surface area contributed by atoms with Gasteiger partial charge in [0.2, 0.25) is 0 Å². The minimum absolute atomic E-state index is 0.668. The minimum Gasteiger partial charge on any atom is -0.370 e. The van der Waals surface area contributed by atoms with Crippen LogP contribution in [0.5, 0.6) is 0 Å². The molecule has 1 aliphatic carbocycles. The molecule has 1 aliphatic rings. The molecule has 0 bridgehead atoms. The largest absolute Gasteiger partial charge is 0.370 e. The van der Waals surface area contributed by atoms with E-state index in [1.54, 1.807) is 11.6 Å². The Bertz CT molecular complexity index is 483. The van der Waals surface area contributed by atoms with Gasteiger partial charge in [-0.05, 0) is 51.2 Å². The normalized spacial score (nSPS) is 14.8. The topological polar surface area (TPSA) is 48.7 Å². The summed E-state index contributed by atoms with van der Waals surface area (Å²) in [5, 5.41) is 12.2. The molecule has 0 spiro atoms. The summed E-state index contributed by atoms with van der Waals surface area (Å²) in [5.41, 5.74) is 3.11. The summed E-state index contributed by atoms with van der Waals surface area (Å²) in [5.74, 6) is 0.808. The molecule has 0 aliphatic heterocycles. The second kappa shape index (κ2) is 6.20. The van der Waals surface area contributed by atoms with Crippen LogP contribution in [-0.4, -0.2) is 11.5 Å². The van der Waals surface area contributed by atoms with Crippen molar-refractivity contribution in [2.75, 3.05) is 11.9 Å². The summed E-state index contributed by atoms with van der Waals surface area (Å²) in [6.07, 6.45) is 8.59. The Kier molecular flexibility index (Phi) is 4.35. The lowest BCUT2D eigenvalue weighted by atomic mass is 9.97. The van der Waals surface area contributed by atoms with E-state index in [9.17, 15) is 0 Å². The number of pyridine rings is 1. The lowest BCUT2D eigenvalue weighted by Crippen LogP contribution is -2.06. The second-order valence-corrected chi connectivity index (χ2v) is 4.78. The quantitative estimate of drug-likeness (QED) is 0.820. The average molecular weight is 241 g/mol. The van der Waals surface area contributed by atoms with E-state index in [1.165, 1.54) is 25.7 Å². The van der Waals surface area contributed by atoms with Crippen molar-refractivity contribution < 1.29 is 0 Å². The van der Waals surface area contributed by atoms with Crippen molar-refractivity contribution in [2.24, 2.45) is 0 Å². The number of aryl methyl sites for hydroxylation is 1. The van der Waals surface area contributed by atoms with Gasteiger partial charge in [-0.2, -0.15) is 5.26 Å². The van der Waals surface area contributed by atoms with Gasteiger partial charge >= 0.3 is 0 Å². The molecule has 2 rings (SSSR count). The van der Waals surface area contributed by atoms with E-state index < -0.39 is 0 Å². The molecule has 1 aromatic heterocycles. The number of anilines is 1. The van der Waals surface area contributed by atoms with Crippen molar-refractivity contribution in [3.63, 3.8) is 0 Å². The molecule has 1 N–H and O–H groups in total. The minimum atomic E-state index is 0.668. The molecule has 1 aromatic rings. The maximum absolute atomic E-state index is 8.90. The van der Waals surface area contributed by atoms with E-state index in [0.29, 0.717) is 5.56 Å². The molecule has 18 heavy (non-hydrogen) atoms. The van der Waals surface area contributed by atoms with Crippen molar-refractivity contribution >= 4 is 5.82 Å². The van der Waals surface area contributed by atoms with Gasteiger partial charge < -0.3 is 5.32 Å². The number of nitrogens with zero attached hydrogens (tertiary/aromatic N) is 2. The summed E-state index contributed by atoms with van der Waals surface area (Å²) in [7, 11) is 0. The zero-order chi connectivity index (χ0) is 12.8.